The zero-order valence-electron chi connectivity index (χ0n) is 22.6. The molecule has 41 heavy (non-hydrogen) atoms. The summed E-state index contributed by atoms with van der Waals surface area (Å²) in [6.07, 6.45) is -3.83. The summed E-state index contributed by atoms with van der Waals surface area (Å²) in [5.74, 6) is -0.0161. The van der Waals surface area contributed by atoms with Crippen LogP contribution in [0.25, 0.3) is 0 Å². The number of benzene rings is 3. The lowest BCUT2D eigenvalue weighted by Gasteiger charge is -2.22. The molecule has 0 aliphatic carbocycles. The summed E-state index contributed by atoms with van der Waals surface area (Å²) in [4.78, 5) is 31.9. The van der Waals surface area contributed by atoms with Crippen LogP contribution in [0, 0.1) is 6.92 Å². The van der Waals surface area contributed by atoms with Crippen LogP contribution in [0.2, 0.25) is 0 Å². The fraction of sp³-hybridized carbons (Fsp3) is 0.267. The van der Waals surface area contributed by atoms with Crippen molar-refractivity contribution in [2.75, 3.05) is 16.0 Å². The number of hydrogen-bond donors (Lipinski definition) is 1. The quantitative estimate of drug-likeness (QED) is 0.267. The van der Waals surface area contributed by atoms with Crippen molar-refractivity contribution in [2.24, 2.45) is 4.99 Å². The minimum atomic E-state index is -4.73. The summed E-state index contributed by atoms with van der Waals surface area (Å²) in [5.41, 5.74) is 4.98. The van der Waals surface area contributed by atoms with Crippen molar-refractivity contribution in [3.8, 4) is 5.75 Å². The van der Waals surface area contributed by atoms with Gasteiger partial charge in [-0.15, -0.1) is 13.2 Å². The third kappa shape index (κ3) is 8.40. The zero-order valence-corrected chi connectivity index (χ0v) is 24.3. The van der Waals surface area contributed by atoms with Crippen LogP contribution in [0.1, 0.15) is 42.0 Å². The van der Waals surface area contributed by atoms with Crippen LogP contribution in [0.5, 0.6) is 5.75 Å². The third-order valence-corrected chi connectivity index (χ3v) is 7.39. The second kappa shape index (κ2) is 12.9. The highest BCUT2D eigenvalue weighted by atomic mass is 32.2. The number of urea groups is 1. The molecule has 0 radical (unpaired) electrons. The van der Waals surface area contributed by atoms with E-state index in [9.17, 15) is 22.8 Å². The van der Waals surface area contributed by atoms with Crippen molar-refractivity contribution >= 4 is 57.3 Å². The van der Waals surface area contributed by atoms with E-state index in [1.165, 1.54) is 28.8 Å². The number of carbonyl (C=O) groups excluding carboxylic acids is 2. The number of hydrogen-bond acceptors (Lipinski definition) is 5. The van der Waals surface area contributed by atoms with Gasteiger partial charge in [-0.2, -0.15) is 4.99 Å². The SMILES string of the molecule is Cc1ccc(C(C)C)c(N2C(=O)CSC2=NC(=O)Nc2ccc(CC(=S)Cc3ccc(OC(F)(F)F)cc3)cc2)c1. The number of nitrogens with one attached hydrogen (secondary N) is 1. The van der Waals surface area contributed by atoms with Crippen molar-refractivity contribution in [3.05, 3.63) is 89.0 Å². The van der Waals surface area contributed by atoms with Gasteiger partial charge in [-0.05, 0) is 65.4 Å². The molecule has 1 saturated heterocycles. The Morgan fingerprint density at radius 1 is 1.05 bits per heavy atom. The molecule has 1 N–H and O–H groups in total. The van der Waals surface area contributed by atoms with Gasteiger partial charge in [-0.1, -0.05) is 74.2 Å². The van der Waals surface area contributed by atoms with Gasteiger partial charge in [0.05, 0.1) is 11.4 Å². The molecular formula is C30H28F3N3O3S2. The van der Waals surface area contributed by atoms with Crippen molar-refractivity contribution in [3.63, 3.8) is 0 Å². The van der Waals surface area contributed by atoms with Gasteiger partial charge in [0.25, 0.3) is 0 Å². The van der Waals surface area contributed by atoms with Crippen LogP contribution < -0.4 is 15.0 Å². The summed E-state index contributed by atoms with van der Waals surface area (Å²) < 4.78 is 40.9. The molecular weight excluding hydrogens is 571 g/mol. The van der Waals surface area contributed by atoms with E-state index in [2.05, 4.69) is 28.9 Å². The number of thiocarbonyl (C=S) groups is 1. The lowest BCUT2D eigenvalue weighted by atomic mass is 9.99. The molecule has 0 bridgehead atoms. The average Bonchev–Trinajstić information content (AvgIpc) is 3.24. The summed E-state index contributed by atoms with van der Waals surface area (Å²) >= 11 is 6.71. The summed E-state index contributed by atoms with van der Waals surface area (Å²) in [6, 6.07) is 18.1. The minimum absolute atomic E-state index is 0.125. The number of rotatable bonds is 8. The Morgan fingerprint density at radius 2 is 1.66 bits per heavy atom. The molecule has 3 aromatic rings. The Balaban J connectivity index is 1.36. The fourth-order valence-corrected chi connectivity index (χ4v) is 5.48. The highest BCUT2D eigenvalue weighted by Crippen LogP contribution is 2.34. The normalized spacial score (nSPS) is 14.6. The van der Waals surface area contributed by atoms with Crippen LogP contribution in [0.4, 0.5) is 29.3 Å². The van der Waals surface area contributed by atoms with Crippen LogP contribution in [0.3, 0.4) is 0 Å². The number of anilines is 2. The second-order valence-corrected chi connectivity index (χ2v) is 11.4. The molecule has 1 aliphatic rings. The van der Waals surface area contributed by atoms with E-state index in [0.29, 0.717) is 28.6 Å². The number of thioether (sulfide) groups is 1. The van der Waals surface area contributed by atoms with Crippen molar-refractivity contribution < 1.29 is 27.5 Å². The van der Waals surface area contributed by atoms with Crippen LogP contribution in [0.15, 0.2) is 71.7 Å². The number of carbonyl (C=O) groups is 2. The average molecular weight is 600 g/mol. The third-order valence-electron chi connectivity index (χ3n) is 6.18. The second-order valence-electron chi connectivity index (χ2n) is 9.84. The Morgan fingerprint density at radius 3 is 2.24 bits per heavy atom. The van der Waals surface area contributed by atoms with Gasteiger partial charge < -0.3 is 10.1 Å². The predicted molar refractivity (Wildman–Crippen MR) is 161 cm³/mol. The maximum Gasteiger partial charge on any atom is 0.573 e. The Labute approximate surface area is 246 Å². The van der Waals surface area contributed by atoms with Gasteiger partial charge in [-0.25, -0.2) is 4.79 Å². The predicted octanol–water partition coefficient (Wildman–Crippen LogP) is 7.84. The first-order chi connectivity index (χ1) is 19.4. The first kappa shape index (κ1) is 30.3. The van der Waals surface area contributed by atoms with Gasteiger partial charge in [0.15, 0.2) is 5.17 Å². The van der Waals surface area contributed by atoms with Gasteiger partial charge in [0, 0.05) is 23.4 Å². The zero-order chi connectivity index (χ0) is 29.7. The van der Waals surface area contributed by atoms with Gasteiger partial charge >= 0.3 is 12.4 Å². The first-order valence-electron chi connectivity index (χ1n) is 12.8. The van der Waals surface area contributed by atoms with E-state index in [0.717, 1.165) is 27.9 Å². The van der Waals surface area contributed by atoms with Crippen molar-refractivity contribution in [1.82, 2.24) is 0 Å². The molecule has 6 nitrogen and oxygen atoms in total. The largest absolute Gasteiger partial charge is 0.573 e. The fourth-order valence-electron chi connectivity index (χ4n) is 4.29. The molecule has 11 heteroatoms. The maximum absolute atomic E-state index is 12.8. The molecule has 1 fully saturated rings. The molecule has 1 aliphatic heterocycles. The standard InChI is InChI=1S/C30H28F3N3O3S2/c1-18(2)25-13-4-19(3)14-26(25)36-27(37)17-41-29(36)35-28(38)34-22-9-5-20(6-10-22)15-24(40)16-21-7-11-23(12-8-21)39-30(31,32)33/h4-14,18H,15-17H2,1-3H3,(H,34,38). The Hall–Kier alpha value is -3.70. The molecule has 0 atom stereocenters. The minimum Gasteiger partial charge on any atom is -0.406 e. The van der Waals surface area contributed by atoms with Gasteiger partial charge in [0.1, 0.15) is 5.75 Å². The smallest absolute Gasteiger partial charge is 0.406 e. The van der Waals surface area contributed by atoms with Crippen molar-refractivity contribution in [2.45, 2.75) is 45.9 Å². The maximum atomic E-state index is 12.8. The Bertz CT molecular complexity index is 1470. The van der Waals surface area contributed by atoms with Gasteiger partial charge in [0.2, 0.25) is 5.91 Å². The van der Waals surface area contributed by atoms with Crippen LogP contribution in [-0.2, 0) is 17.6 Å². The van der Waals surface area contributed by atoms with E-state index < -0.39 is 12.4 Å². The monoisotopic (exact) mass is 599 g/mol. The summed E-state index contributed by atoms with van der Waals surface area (Å²) in [5, 5.41) is 3.08. The number of aryl methyl sites for hydroxylation is 1. The molecule has 0 aromatic heterocycles. The molecule has 214 valence electrons. The molecule has 0 saturated carbocycles. The van der Waals surface area contributed by atoms with E-state index in [-0.39, 0.29) is 23.3 Å². The van der Waals surface area contributed by atoms with E-state index in [4.69, 9.17) is 12.2 Å². The molecule has 3 amide bonds. The van der Waals surface area contributed by atoms with E-state index >= 15 is 0 Å². The lowest BCUT2D eigenvalue weighted by molar-refractivity contribution is -0.274. The first-order valence-corrected chi connectivity index (χ1v) is 14.2. The van der Waals surface area contributed by atoms with E-state index in [1.807, 2.05) is 37.3 Å². The molecule has 0 spiro atoms. The van der Waals surface area contributed by atoms with Gasteiger partial charge in [-0.3, -0.25) is 9.69 Å². The molecule has 0 unspecified atom stereocenters. The van der Waals surface area contributed by atoms with Crippen LogP contribution >= 0.6 is 24.0 Å². The molecule has 1 heterocycles. The number of alkyl halides is 3. The lowest BCUT2D eigenvalue weighted by Crippen LogP contribution is -2.31. The number of halogens is 3. The highest BCUT2D eigenvalue weighted by molar-refractivity contribution is 8.15. The number of ether oxygens (including phenoxy) is 1. The van der Waals surface area contributed by atoms with Crippen LogP contribution in [-0.4, -0.2) is 34.1 Å². The highest BCUT2D eigenvalue weighted by Gasteiger charge is 2.33. The van der Waals surface area contributed by atoms with E-state index in [1.54, 1.807) is 24.3 Å². The van der Waals surface area contributed by atoms with Crippen molar-refractivity contribution in [1.29, 1.82) is 0 Å². The topological polar surface area (TPSA) is 71.0 Å². The summed E-state index contributed by atoms with van der Waals surface area (Å²) in [6.45, 7) is 6.06. The Kier molecular flexibility index (Phi) is 9.49. The number of aliphatic imine (C=N–C) groups is 1. The molecule has 3 aromatic carbocycles. The number of nitrogens with zero attached hydrogens (tertiary/aromatic N) is 2. The molecule has 4 rings (SSSR count). The number of amidine groups is 1. The number of amides is 3. The summed E-state index contributed by atoms with van der Waals surface area (Å²) in [7, 11) is 0.